The van der Waals surface area contributed by atoms with Crippen molar-refractivity contribution in [2.45, 2.75) is 51.9 Å². The van der Waals surface area contributed by atoms with Crippen LogP contribution < -0.4 is 31.0 Å². The van der Waals surface area contributed by atoms with Crippen molar-refractivity contribution in [2.24, 2.45) is 5.41 Å². The Hall–Kier alpha value is -5.30. The predicted molar refractivity (Wildman–Crippen MR) is 176 cm³/mol. The minimum Gasteiger partial charge on any atom is -0.490 e. The molecule has 0 radical (unpaired) electrons. The molecule has 1 heterocycles. The van der Waals surface area contributed by atoms with Crippen molar-refractivity contribution in [1.29, 1.82) is 0 Å². The molecular weight excluding hydrogens is 626 g/mol. The highest BCUT2D eigenvalue weighted by Gasteiger charge is 2.56. The predicted octanol–water partition coefficient (Wildman–Crippen LogP) is 7.64. The van der Waals surface area contributed by atoms with E-state index in [-0.39, 0.29) is 24.0 Å². The molecule has 0 atom stereocenters. The fourth-order valence-electron chi connectivity index (χ4n) is 5.01. The molecule has 1 aliphatic carbocycles. The smallest absolute Gasteiger partial charge is 0.303 e. The van der Waals surface area contributed by atoms with Crippen LogP contribution in [0.5, 0.6) is 23.0 Å². The number of aliphatic carboxylic acids is 1. The molecular formula is C35H38F2N4O7. The monoisotopic (exact) mass is 664 g/mol. The number of carboxylic acid groups (broad SMARTS) is 1. The van der Waals surface area contributed by atoms with Gasteiger partial charge in [0, 0.05) is 41.5 Å². The van der Waals surface area contributed by atoms with Gasteiger partial charge in [-0.15, -0.1) is 0 Å². The molecule has 1 fully saturated rings. The van der Waals surface area contributed by atoms with Gasteiger partial charge in [-0.2, -0.15) is 0 Å². The van der Waals surface area contributed by atoms with Crippen molar-refractivity contribution in [3.05, 3.63) is 78.5 Å². The van der Waals surface area contributed by atoms with Crippen molar-refractivity contribution in [3.8, 4) is 23.0 Å². The molecule has 48 heavy (non-hydrogen) atoms. The van der Waals surface area contributed by atoms with Gasteiger partial charge in [0.1, 0.15) is 17.0 Å². The lowest BCUT2D eigenvalue weighted by Gasteiger charge is -2.16. The van der Waals surface area contributed by atoms with Crippen molar-refractivity contribution in [3.63, 3.8) is 0 Å². The number of hydrogen-bond donors (Lipinski definition) is 4. The summed E-state index contributed by atoms with van der Waals surface area (Å²) in [7, 11) is 0. The Kier molecular flexibility index (Phi) is 11.9. The van der Waals surface area contributed by atoms with Crippen LogP contribution in [0, 0.1) is 17.0 Å². The molecule has 0 unspecified atom stereocenters. The number of anilines is 2. The molecule has 1 saturated carbocycles. The van der Waals surface area contributed by atoms with Gasteiger partial charge in [0.15, 0.2) is 23.1 Å². The molecule has 3 aromatic carbocycles. The summed E-state index contributed by atoms with van der Waals surface area (Å²) in [6.07, 6.45) is 5.35. The molecule has 254 valence electrons. The van der Waals surface area contributed by atoms with Crippen molar-refractivity contribution in [1.82, 2.24) is 11.1 Å². The third-order valence-corrected chi connectivity index (χ3v) is 7.74. The van der Waals surface area contributed by atoms with Gasteiger partial charge in [0.25, 0.3) is 0 Å². The lowest BCUT2D eigenvalue weighted by Crippen LogP contribution is -2.35. The first kappa shape index (κ1) is 35.6. The van der Waals surface area contributed by atoms with Crippen LogP contribution >= 0.6 is 0 Å². The molecule has 6 N–H and O–H groups in total. The van der Waals surface area contributed by atoms with Crippen LogP contribution in [0.1, 0.15) is 51.9 Å². The number of carbonyl (C=O) groups is 3. The quantitative estimate of drug-likeness (QED) is 0.0694. The molecule has 11 nitrogen and oxygen atoms in total. The number of benzene rings is 3. The van der Waals surface area contributed by atoms with Gasteiger partial charge in [-0.25, -0.2) is 8.78 Å². The number of carbonyl (C=O) groups excluding carboxylic acids is 2. The second-order valence-corrected chi connectivity index (χ2v) is 11.2. The molecule has 4 aromatic rings. The van der Waals surface area contributed by atoms with E-state index in [9.17, 15) is 18.8 Å². The van der Waals surface area contributed by atoms with Crippen molar-refractivity contribution in [2.75, 3.05) is 23.8 Å². The van der Waals surface area contributed by atoms with Gasteiger partial charge in [0.05, 0.1) is 18.7 Å². The SMILES string of the molecule is CCOc1cc2c(Oc3ccc(NC(=O)C4(C(=O)Nc5ccc(F)cc5)CC4)cc3F)ccnc2cc1OCCCCCCC(=O)O.N. The van der Waals surface area contributed by atoms with Crippen molar-refractivity contribution >= 4 is 40.1 Å². The molecule has 1 aromatic heterocycles. The standard InChI is InChI=1S/C35H35F2N3O7.H3N/c1-2-45-30-20-25-27(21-31(30)46-18-6-4-3-5-7-32(41)42)38-17-14-28(25)47-29-13-12-24(19-26(29)37)40-34(44)35(15-16-35)33(43)39-23-10-8-22(36)9-11-23;/h8-14,17,19-21H,2-7,15-16,18H2,1H3,(H,39,43)(H,40,44)(H,41,42);1H3. The van der Waals surface area contributed by atoms with E-state index in [4.69, 9.17) is 19.3 Å². The number of ether oxygens (including phenoxy) is 3. The van der Waals surface area contributed by atoms with E-state index in [1.165, 1.54) is 42.6 Å². The molecule has 0 saturated heterocycles. The van der Waals surface area contributed by atoms with Gasteiger partial charge in [-0.05, 0) is 81.1 Å². The Labute approximate surface area is 276 Å². The number of nitrogens with one attached hydrogen (secondary N) is 2. The van der Waals surface area contributed by atoms with E-state index in [1.807, 2.05) is 6.92 Å². The van der Waals surface area contributed by atoms with Crippen molar-refractivity contribution < 1.29 is 42.5 Å². The largest absolute Gasteiger partial charge is 0.490 e. The summed E-state index contributed by atoms with van der Waals surface area (Å²) in [6.45, 7) is 2.64. The fourth-order valence-corrected chi connectivity index (χ4v) is 5.01. The van der Waals surface area contributed by atoms with Crippen LogP contribution in [0.25, 0.3) is 10.9 Å². The Morgan fingerprint density at radius 3 is 2.15 bits per heavy atom. The highest BCUT2D eigenvalue weighted by molar-refractivity contribution is 6.16. The zero-order valence-corrected chi connectivity index (χ0v) is 26.5. The molecule has 1 aliphatic rings. The normalized spacial score (nSPS) is 12.8. The maximum absolute atomic E-state index is 15.3. The molecule has 0 bridgehead atoms. The summed E-state index contributed by atoms with van der Waals surface area (Å²) in [5.74, 6) is -1.85. The maximum atomic E-state index is 15.3. The minimum atomic E-state index is -1.29. The third kappa shape index (κ3) is 8.73. The molecule has 0 aliphatic heterocycles. The summed E-state index contributed by atoms with van der Waals surface area (Å²) in [4.78, 5) is 41.0. The number of aromatic nitrogens is 1. The Balaban J connectivity index is 0.00000520. The summed E-state index contributed by atoms with van der Waals surface area (Å²) in [5.41, 5.74) is -0.229. The van der Waals surface area contributed by atoms with E-state index in [1.54, 1.807) is 18.2 Å². The molecule has 13 heteroatoms. The summed E-state index contributed by atoms with van der Waals surface area (Å²) >= 11 is 0. The van der Waals surface area contributed by atoms with Crippen LogP contribution in [-0.2, 0) is 14.4 Å². The van der Waals surface area contributed by atoms with E-state index in [2.05, 4.69) is 15.6 Å². The van der Waals surface area contributed by atoms with Crippen LogP contribution in [0.3, 0.4) is 0 Å². The fraction of sp³-hybridized carbons (Fsp3) is 0.314. The Morgan fingerprint density at radius 2 is 1.48 bits per heavy atom. The molecule has 5 rings (SSSR count). The number of rotatable bonds is 16. The van der Waals surface area contributed by atoms with E-state index in [0.717, 1.165) is 25.3 Å². The number of halogens is 2. The first-order valence-electron chi connectivity index (χ1n) is 15.4. The highest BCUT2D eigenvalue weighted by atomic mass is 19.1. The Bertz CT molecular complexity index is 1760. The lowest BCUT2D eigenvalue weighted by molar-refractivity contribution is -0.137. The second-order valence-electron chi connectivity index (χ2n) is 11.2. The number of fused-ring (bicyclic) bond motifs is 1. The van der Waals surface area contributed by atoms with Gasteiger partial charge in [-0.3, -0.25) is 19.4 Å². The zero-order chi connectivity index (χ0) is 33.4. The van der Waals surface area contributed by atoms with Gasteiger partial charge in [-0.1, -0.05) is 12.8 Å². The lowest BCUT2D eigenvalue weighted by atomic mass is 10.0. The van der Waals surface area contributed by atoms with Crippen LogP contribution in [0.2, 0.25) is 0 Å². The number of pyridine rings is 1. The molecule has 0 spiro atoms. The van der Waals surface area contributed by atoms with Gasteiger partial charge >= 0.3 is 5.97 Å². The van der Waals surface area contributed by atoms with E-state index in [0.29, 0.717) is 66.3 Å². The number of nitrogens with zero attached hydrogens (tertiary/aromatic N) is 1. The average molecular weight is 665 g/mol. The van der Waals surface area contributed by atoms with Gasteiger partial charge in [0.2, 0.25) is 11.8 Å². The average Bonchev–Trinajstić information content (AvgIpc) is 3.86. The van der Waals surface area contributed by atoms with Crippen LogP contribution in [-0.4, -0.2) is 41.1 Å². The number of carboxylic acids is 1. The first-order chi connectivity index (χ1) is 22.7. The zero-order valence-electron chi connectivity index (χ0n) is 26.5. The first-order valence-corrected chi connectivity index (χ1v) is 15.4. The van der Waals surface area contributed by atoms with Crippen LogP contribution in [0.15, 0.2) is 66.9 Å². The number of amides is 2. The van der Waals surface area contributed by atoms with E-state index < -0.39 is 34.8 Å². The van der Waals surface area contributed by atoms with Gasteiger partial charge < -0.3 is 36.1 Å². The summed E-state index contributed by atoms with van der Waals surface area (Å²) in [6, 6.07) is 14.3. The summed E-state index contributed by atoms with van der Waals surface area (Å²) in [5, 5.41) is 14.6. The summed E-state index contributed by atoms with van der Waals surface area (Å²) < 4.78 is 46.2. The number of unbranched alkanes of at least 4 members (excludes halogenated alkanes) is 3. The van der Waals surface area contributed by atoms with E-state index >= 15 is 4.39 Å². The number of hydrogen-bond acceptors (Lipinski definition) is 8. The van der Waals surface area contributed by atoms with Crippen LogP contribution in [0.4, 0.5) is 20.2 Å². The Morgan fingerprint density at radius 1 is 0.812 bits per heavy atom. The topological polar surface area (TPSA) is 171 Å². The third-order valence-electron chi connectivity index (χ3n) is 7.74. The molecule has 2 amide bonds. The maximum Gasteiger partial charge on any atom is 0.303 e. The minimum absolute atomic E-state index is 0. The highest BCUT2D eigenvalue weighted by Crippen LogP contribution is 2.47. The second kappa shape index (κ2) is 16.0.